The lowest BCUT2D eigenvalue weighted by molar-refractivity contribution is 0.393. The van der Waals surface area contributed by atoms with Crippen LogP contribution in [0.5, 0.6) is 5.88 Å². The van der Waals surface area contributed by atoms with E-state index in [1.165, 1.54) is 12.1 Å². The van der Waals surface area contributed by atoms with Crippen molar-refractivity contribution in [1.29, 1.82) is 5.41 Å². The predicted molar refractivity (Wildman–Crippen MR) is 136 cm³/mol. The molecular formula is C27H33F2N5O. The van der Waals surface area contributed by atoms with Gasteiger partial charge in [-0.25, -0.2) is 13.8 Å². The van der Waals surface area contributed by atoms with Crippen molar-refractivity contribution >= 4 is 11.8 Å². The number of pyridine rings is 1. The highest BCUT2D eigenvalue weighted by atomic mass is 19.2. The van der Waals surface area contributed by atoms with Gasteiger partial charge in [0, 0.05) is 35.8 Å². The monoisotopic (exact) mass is 481 g/mol. The Kier molecular flexibility index (Phi) is 9.00. The molecule has 6 nitrogen and oxygen atoms in total. The number of ether oxygens (including phenoxy) is 1. The summed E-state index contributed by atoms with van der Waals surface area (Å²) in [5, 5.41) is 13.8. The summed E-state index contributed by atoms with van der Waals surface area (Å²) in [5.41, 5.74) is 5.22. The van der Waals surface area contributed by atoms with Gasteiger partial charge in [0.15, 0.2) is 11.6 Å². The number of nitrogens with zero attached hydrogens (tertiary/aromatic N) is 2. The van der Waals surface area contributed by atoms with E-state index in [9.17, 15) is 8.78 Å². The molecule has 0 aliphatic carbocycles. The van der Waals surface area contributed by atoms with E-state index >= 15 is 0 Å². The molecule has 0 saturated carbocycles. The molecule has 1 aliphatic rings. The minimum atomic E-state index is -0.779. The molecule has 0 bridgehead atoms. The first-order valence-corrected chi connectivity index (χ1v) is 11.7. The number of aryl methyl sites for hydroxylation is 1. The lowest BCUT2D eigenvalue weighted by Crippen LogP contribution is -2.26. The quantitative estimate of drug-likeness (QED) is 0.362. The number of hydrogen-bond acceptors (Lipinski definition) is 4. The van der Waals surface area contributed by atoms with Gasteiger partial charge in [-0.05, 0) is 75.1 Å². The Hall–Kier alpha value is -3.68. The van der Waals surface area contributed by atoms with Crippen LogP contribution in [0.25, 0.3) is 11.8 Å². The van der Waals surface area contributed by atoms with E-state index in [1.807, 2.05) is 29.9 Å². The van der Waals surface area contributed by atoms with E-state index < -0.39 is 11.6 Å². The number of allylic oxidation sites excluding steroid dienone is 3. The summed E-state index contributed by atoms with van der Waals surface area (Å²) in [4.78, 5) is 4.37. The van der Waals surface area contributed by atoms with Crippen molar-refractivity contribution in [1.82, 2.24) is 20.1 Å². The van der Waals surface area contributed by atoms with Crippen LogP contribution in [-0.2, 0) is 0 Å². The van der Waals surface area contributed by atoms with Crippen molar-refractivity contribution in [3.05, 3.63) is 83.0 Å². The average molecular weight is 482 g/mol. The van der Waals surface area contributed by atoms with Crippen molar-refractivity contribution in [3.8, 4) is 11.6 Å². The molecule has 3 N–H and O–H groups in total. The van der Waals surface area contributed by atoms with E-state index in [2.05, 4.69) is 28.4 Å². The molecule has 0 radical (unpaired) electrons. The number of hydrogen-bond donors (Lipinski definition) is 3. The van der Waals surface area contributed by atoms with Gasteiger partial charge in [0.25, 0.3) is 0 Å². The zero-order valence-electron chi connectivity index (χ0n) is 20.7. The van der Waals surface area contributed by atoms with Crippen LogP contribution in [0.15, 0.2) is 54.4 Å². The standard InChI is InChI=1S/C14H17F2N.C13H16N4O/c1-2-4-14-11(5-3-8-17-14)10-6-7-12(15)13(16)9-10;1-9(14)4-5-11-6-7-12(13(15-11)18-3)17-8-10(2)16-17/h4,6-7,9,11,17H,2-3,5,8H2,1H3;4-8,14,16H,1-3H3/b14-4-;5-4+,14-9?. The molecule has 3 heterocycles. The lowest BCUT2D eigenvalue weighted by Gasteiger charge is -2.27. The number of rotatable bonds is 6. The normalized spacial score (nSPS) is 16.6. The van der Waals surface area contributed by atoms with Crippen LogP contribution in [0.4, 0.5) is 8.78 Å². The van der Waals surface area contributed by atoms with Gasteiger partial charge in [0.2, 0.25) is 5.88 Å². The highest BCUT2D eigenvalue weighted by Gasteiger charge is 2.21. The van der Waals surface area contributed by atoms with Crippen molar-refractivity contribution < 1.29 is 13.5 Å². The Morgan fingerprint density at radius 1 is 1.26 bits per heavy atom. The van der Waals surface area contributed by atoms with Crippen LogP contribution >= 0.6 is 0 Å². The second kappa shape index (κ2) is 12.1. The summed E-state index contributed by atoms with van der Waals surface area (Å²) in [7, 11) is 1.59. The van der Waals surface area contributed by atoms with Crippen molar-refractivity contribution in [2.45, 2.75) is 46.0 Å². The Bertz CT molecular complexity index is 1200. The summed E-state index contributed by atoms with van der Waals surface area (Å²) < 4.78 is 33.3. The molecule has 1 atom stereocenters. The number of H-pyrrole nitrogens is 1. The maximum absolute atomic E-state index is 13.2. The fourth-order valence-electron chi connectivity index (χ4n) is 3.92. The largest absolute Gasteiger partial charge is 0.479 e. The summed E-state index contributed by atoms with van der Waals surface area (Å²) in [6.45, 7) is 6.75. The minimum Gasteiger partial charge on any atom is -0.479 e. The van der Waals surface area contributed by atoms with Gasteiger partial charge < -0.3 is 15.5 Å². The van der Waals surface area contributed by atoms with Crippen LogP contribution in [0.2, 0.25) is 0 Å². The minimum absolute atomic E-state index is 0.179. The molecule has 2 aromatic heterocycles. The number of aromatic amines is 1. The first-order chi connectivity index (χ1) is 16.8. The fraction of sp³-hybridized carbons (Fsp3) is 0.333. The molecule has 1 fully saturated rings. The maximum Gasteiger partial charge on any atom is 0.240 e. The third-order valence-corrected chi connectivity index (χ3v) is 5.58. The third kappa shape index (κ3) is 6.91. The van der Waals surface area contributed by atoms with Crippen LogP contribution in [0, 0.1) is 24.0 Å². The van der Waals surface area contributed by atoms with Gasteiger partial charge in [-0.1, -0.05) is 19.1 Å². The third-order valence-electron chi connectivity index (χ3n) is 5.58. The SMILES string of the molecule is CC/C=C1\NCCCC1c1ccc(F)c(F)c1.COc1nc(/C=C/C(C)=N)ccc1-n1cc(C)[nH]1. The van der Waals surface area contributed by atoms with Crippen LogP contribution in [0.3, 0.4) is 0 Å². The molecule has 1 saturated heterocycles. The number of aromatic nitrogens is 3. The number of methoxy groups -OCH3 is 1. The summed E-state index contributed by atoms with van der Waals surface area (Å²) in [6, 6.07) is 8.03. The summed E-state index contributed by atoms with van der Waals surface area (Å²) in [5.74, 6) is -0.808. The Labute approximate surface area is 205 Å². The first kappa shape index (κ1) is 25.9. The summed E-state index contributed by atoms with van der Waals surface area (Å²) in [6.07, 6.45) is 10.6. The Balaban J connectivity index is 0.000000196. The number of piperidine rings is 1. The van der Waals surface area contributed by atoms with Gasteiger partial charge in [-0.2, -0.15) is 0 Å². The molecule has 186 valence electrons. The van der Waals surface area contributed by atoms with E-state index in [4.69, 9.17) is 10.1 Å². The van der Waals surface area contributed by atoms with Gasteiger partial charge >= 0.3 is 0 Å². The fourth-order valence-corrected chi connectivity index (χ4v) is 3.92. The highest BCUT2D eigenvalue weighted by molar-refractivity contribution is 5.93. The second-order valence-corrected chi connectivity index (χ2v) is 8.44. The number of halogens is 2. The van der Waals surface area contributed by atoms with Crippen LogP contribution in [0.1, 0.15) is 56.0 Å². The molecule has 3 aromatic rings. The molecule has 0 amide bonds. The zero-order chi connectivity index (χ0) is 25.4. The molecule has 1 aliphatic heterocycles. The van der Waals surface area contributed by atoms with Crippen LogP contribution in [-0.4, -0.2) is 34.1 Å². The van der Waals surface area contributed by atoms with E-state index in [0.717, 1.165) is 54.1 Å². The number of nitrogens with one attached hydrogen (secondary N) is 3. The van der Waals surface area contributed by atoms with E-state index in [-0.39, 0.29) is 5.92 Å². The predicted octanol–water partition coefficient (Wildman–Crippen LogP) is 6.30. The Morgan fingerprint density at radius 2 is 2.03 bits per heavy atom. The van der Waals surface area contributed by atoms with E-state index in [1.54, 1.807) is 32.3 Å². The topological polar surface area (TPSA) is 78.7 Å². The number of benzene rings is 1. The van der Waals surface area contributed by atoms with Gasteiger partial charge in [0.05, 0.1) is 12.8 Å². The molecule has 1 aromatic carbocycles. The first-order valence-electron chi connectivity index (χ1n) is 11.7. The molecular weight excluding hydrogens is 448 g/mol. The smallest absolute Gasteiger partial charge is 0.240 e. The highest BCUT2D eigenvalue weighted by Crippen LogP contribution is 2.31. The van der Waals surface area contributed by atoms with Gasteiger partial charge in [0.1, 0.15) is 5.69 Å². The average Bonchev–Trinajstić information content (AvgIpc) is 2.83. The molecule has 4 rings (SSSR count). The van der Waals surface area contributed by atoms with Crippen molar-refractivity contribution in [2.24, 2.45) is 0 Å². The second-order valence-electron chi connectivity index (χ2n) is 8.44. The van der Waals surface area contributed by atoms with E-state index in [0.29, 0.717) is 11.6 Å². The maximum atomic E-state index is 13.2. The zero-order valence-corrected chi connectivity index (χ0v) is 20.7. The molecule has 8 heteroatoms. The lowest BCUT2D eigenvalue weighted by atomic mass is 9.88. The summed E-state index contributed by atoms with van der Waals surface area (Å²) >= 11 is 0. The Morgan fingerprint density at radius 3 is 2.66 bits per heavy atom. The van der Waals surface area contributed by atoms with Crippen LogP contribution < -0.4 is 10.1 Å². The van der Waals surface area contributed by atoms with Crippen molar-refractivity contribution in [3.63, 3.8) is 0 Å². The molecule has 1 unspecified atom stereocenters. The van der Waals surface area contributed by atoms with Gasteiger partial charge in [-0.3, -0.25) is 9.78 Å². The van der Waals surface area contributed by atoms with Crippen molar-refractivity contribution in [2.75, 3.05) is 13.7 Å². The molecule has 35 heavy (non-hydrogen) atoms. The van der Waals surface area contributed by atoms with Gasteiger partial charge in [-0.15, -0.1) is 0 Å². The molecule has 0 spiro atoms.